The Kier molecular flexibility index (Phi) is 0.827. The number of halogens is 1. The predicted octanol–water partition coefficient (Wildman–Crippen LogP) is 1.75. The first-order valence-corrected chi connectivity index (χ1v) is 2.48. The van der Waals surface area contributed by atoms with Crippen LogP contribution in [-0.2, 0) is 0 Å². The molecule has 0 aliphatic heterocycles. The molecule has 1 heteroatoms. The first-order valence-electron chi connectivity index (χ1n) is 2.48. The standard InChI is InChI=1S/C5H9F/c1-2-4-3-5(4)6/h4-5H,2-3H2,1H3/t4-,5+/m1/s1. The highest BCUT2D eigenvalue weighted by atomic mass is 19.1. The van der Waals surface area contributed by atoms with Gasteiger partial charge in [-0.1, -0.05) is 13.3 Å². The van der Waals surface area contributed by atoms with Crippen LogP contribution in [0.1, 0.15) is 19.8 Å². The SMILES string of the molecule is CC[C@@H]1C[C@@H]1F. The zero-order chi connectivity index (χ0) is 4.57. The van der Waals surface area contributed by atoms with Gasteiger partial charge in [0.25, 0.3) is 0 Å². The molecule has 0 aromatic rings. The van der Waals surface area contributed by atoms with E-state index in [4.69, 9.17) is 0 Å². The van der Waals surface area contributed by atoms with Gasteiger partial charge in [-0.2, -0.15) is 0 Å². The van der Waals surface area contributed by atoms with Crippen molar-refractivity contribution >= 4 is 0 Å². The molecule has 1 aliphatic rings. The molecule has 0 unspecified atom stereocenters. The summed E-state index contributed by atoms with van der Waals surface area (Å²) in [6.45, 7) is 2.03. The minimum absolute atomic E-state index is 0.435. The summed E-state index contributed by atoms with van der Waals surface area (Å²) in [5, 5.41) is 0. The van der Waals surface area contributed by atoms with Crippen molar-refractivity contribution in [3.8, 4) is 0 Å². The molecule has 0 amide bonds. The van der Waals surface area contributed by atoms with E-state index in [9.17, 15) is 4.39 Å². The molecule has 0 aromatic carbocycles. The Labute approximate surface area is 37.4 Å². The van der Waals surface area contributed by atoms with Crippen LogP contribution in [0.15, 0.2) is 0 Å². The molecule has 0 N–H and O–H groups in total. The third-order valence-corrected chi connectivity index (χ3v) is 1.36. The van der Waals surface area contributed by atoms with Crippen LogP contribution < -0.4 is 0 Å². The van der Waals surface area contributed by atoms with Crippen molar-refractivity contribution in [2.45, 2.75) is 25.9 Å². The van der Waals surface area contributed by atoms with Gasteiger partial charge in [0.2, 0.25) is 0 Å². The average Bonchev–Trinajstić information content (AvgIpc) is 2.19. The number of hydrogen-bond donors (Lipinski definition) is 0. The molecule has 0 heterocycles. The van der Waals surface area contributed by atoms with Crippen molar-refractivity contribution in [1.29, 1.82) is 0 Å². The highest BCUT2D eigenvalue weighted by Gasteiger charge is 2.34. The van der Waals surface area contributed by atoms with Crippen LogP contribution in [0.5, 0.6) is 0 Å². The van der Waals surface area contributed by atoms with E-state index in [2.05, 4.69) is 0 Å². The molecular formula is C5H9F. The van der Waals surface area contributed by atoms with Crippen molar-refractivity contribution in [2.75, 3.05) is 0 Å². The maximum Gasteiger partial charge on any atom is 0.103 e. The van der Waals surface area contributed by atoms with Crippen molar-refractivity contribution in [1.82, 2.24) is 0 Å². The normalized spacial score (nSPS) is 43.0. The molecule has 0 saturated heterocycles. The summed E-state index contributed by atoms with van der Waals surface area (Å²) in [7, 11) is 0. The van der Waals surface area contributed by atoms with Crippen LogP contribution in [0.25, 0.3) is 0 Å². The van der Waals surface area contributed by atoms with Gasteiger partial charge in [-0.15, -0.1) is 0 Å². The van der Waals surface area contributed by atoms with Gasteiger partial charge in [0.1, 0.15) is 6.17 Å². The van der Waals surface area contributed by atoms with Gasteiger partial charge in [-0.25, -0.2) is 4.39 Å². The quantitative estimate of drug-likeness (QED) is 0.458. The van der Waals surface area contributed by atoms with E-state index >= 15 is 0 Å². The fourth-order valence-electron chi connectivity index (χ4n) is 0.633. The van der Waals surface area contributed by atoms with E-state index in [-0.39, 0.29) is 0 Å². The number of rotatable bonds is 1. The van der Waals surface area contributed by atoms with Gasteiger partial charge in [0.05, 0.1) is 0 Å². The Hall–Kier alpha value is -0.0700. The largest absolute Gasteiger partial charge is 0.247 e. The summed E-state index contributed by atoms with van der Waals surface area (Å²) < 4.78 is 11.8. The summed E-state index contributed by atoms with van der Waals surface area (Å²) >= 11 is 0. The second-order valence-corrected chi connectivity index (χ2v) is 1.92. The van der Waals surface area contributed by atoms with Crippen molar-refractivity contribution in [2.24, 2.45) is 5.92 Å². The molecule has 0 aromatic heterocycles. The molecule has 1 rings (SSSR count). The monoisotopic (exact) mass is 88.1 g/mol. The van der Waals surface area contributed by atoms with Gasteiger partial charge in [0.15, 0.2) is 0 Å². The fraction of sp³-hybridized carbons (Fsp3) is 1.00. The Morgan fingerprint density at radius 1 is 1.83 bits per heavy atom. The maximum absolute atomic E-state index is 11.8. The van der Waals surface area contributed by atoms with Gasteiger partial charge in [-0.05, 0) is 12.3 Å². The van der Waals surface area contributed by atoms with E-state index in [0.29, 0.717) is 5.92 Å². The lowest BCUT2D eigenvalue weighted by Crippen LogP contribution is -1.72. The second-order valence-electron chi connectivity index (χ2n) is 1.92. The van der Waals surface area contributed by atoms with Crippen LogP contribution in [0, 0.1) is 5.92 Å². The van der Waals surface area contributed by atoms with E-state index in [1.807, 2.05) is 6.92 Å². The lowest BCUT2D eigenvalue weighted by atomic mass is 10.3. The minimum Gasteiger partial charge on any atom is -0.247 e. The maximum atomic E-state index is 11.8. The van der Waals surface area contributed by atoms with Crippen molar-refractivity contribution < 1.29 is 4.39 Å². The second kappa shape index (κ2) is 1.21. The Balaban J connectivity index is 2.09. The van der Waals surface area contributed by atoms with E-state index in [0.717, 1.165) is 12.8 Å². The third-order valence-electron chi connectivity index (χ3n) is 1.36. The Morgan fingerprint density at radius 2 is 2.33 bits per heavy atom. The Morgan fingerprint density at radius 3 is 2.33 bits per heavy atom. The molecular weight excluding hydrogens is 79.1 g/mol. The molecule has 1 fully saturated rings. The van der Waals surface area contributed by atoms with Crippen LogP contribution in [0.2, 0.25) is 0 Å². The molecule has 0 bridgehead atoms. The zero-order valence-corrected chi connectivity index (χ0v) is 3.95. The molecule has 2 atom stereocenters. The number of hydrogen-bond acceptors (Lipinski definition) is 0. The lowest BCUT2D eigenvalue weighted by molar-refractivity contribution is 0.442. The first kappa shape index (κ1) is 4.10. The fourth-order valence-corrected chi connectivity index (χ4v) is 0.633. The van der Waals surface area contributed by atoms with Crippen LogP contribution in [-0.4, -0.2) is 6.17 Å². The lowest BCUT2D eigenvalue weighted by Gasteiger charge is -1.76. The highest BCUT2D eigenvalue weighted by molar-refractivity contribution is 4.84. The molecule has 1 aliphatic carbocycles. The zero-order valence-electron chi connectivity index (χ0n) is 3.95. The smallest absolute Gasteiger partial charge is 0.103 e. The van der Waals surface area contributed by atoms with Crippen LogP contribution in [0.4, 0.5) is 4.39 Å². The molecule has 6 heavy (non-hydrogen) atoms. The van der Waals surface area contributed by atoms with Crippen molar-refractivity contribution in [3.05, 3.63) is 0 Å². The van der Waals surface area contributed by atoms with Gasteiger partial charge >= 0.3 is 0 Å². The van der Waals surface area contributed by atoms with Gasteiger partial charge < -0.3 is 0 Å². The van der Waals surface area contributed by atoms with Gasteiger partial charge in [0, 0.05) is 0 Å². The summed E-state index contributed by atoms with van der Waals surface area (Å²) in [4.78, 5) is 0. The average molecular weight is 88.1 g/mol. The van der Waals surface area contributed by atoms with E-state index in [1.54, 1.807) is 0 Å². The molecule has 1 saturated carbocycles. The van der Waals surface area contributed by atoms with E-state index < -0.39 is 6.17 Å². The highest BCUT2D eigenvalue weighted by Crippen LogP contribution is 2.35. The molecule has 0 spiro atoms. The topological polar surface area (TPSA) is 0 Å². The summed E-state index contributed by atoms with van der Waals surface area (Å²) in [5.74, 6) is 0.435. The summed E-state index contributed by atoms with van der Waals surface area (Å²) in [6.07, 6.45) is 1.42. The molecule has 0 nitrogen and oxygen atoms in total. The van der Waals surface area contributed by atoms with E-state index in [1.165, 1.54) is 0 Å². The van der Waals surface area contributed by atoms with Crippen LogP contribution >= 0.6 is 0 Å². The molecule has 36 valence electrons. The van der Waals surface area contributed by atoms with Crippen molar-refractivity contribution in [3.63, 3.8) is 0 Å². The minimum atomic E-state index is -0.435. The van der Waals surface area contributed by atoms with Gasteiger partial charge in [-0.3, -0.25) is 0 Å². The third kappa shape index (κ3) is 0.537. The first-order chi connectivity index (χ1) is 2.84. The summed E-state index contributed by atoms with van der Waals surface area (Å²) in [5.41, 5.74) is 0. The Bertz CT molecular complexity index is 49.9. The predicted molar refractivity (Wildman–Crippen MR) is 23.3 cm³/mol. The summed E-state index contributed by atoms with van der Waals surface area (Å²) in [6, 6.07) is 0. The van der Waals surface area contributed by atoms with Crippen LogP contribution in [0.3, 0.4) is 0 Å². The molecule has 0 radical (unpaired) electrons. The number of alkyl halides is 1.